The highest BCUT2D eigenvalue weighted by atomic mass is 79.9. The van der Waals surface area contributed by atoms with Gasteiger partial charge in [0.1, 0.15) is 0 Å². The van der Waals surface area contributed by atoms with Gasteiger partial charge in [-0.15, -0.1) is 0 Å². The van der Waals surface area contributed by atoms with E-state index in [1.54, 1.807) is 23.1 Å². The third kappa shape index (κ3) is 2.95. The van der Waals surface area contributed by atoms with Crippen molar-refractivity contribution in [1.29, 1.82) is 0 Å². The number of anilines is 1. The molecule has 1 aromatic rings. The molecular weight excluding hydrogens is 324 g/mol. The number of nitrogens with two attached hydrogens (primary N) is 1. The zero-order valence-electron chi connectivity index (χ0n) is 11.2. The van der Waals surface area contributed by atoms with Gasteiger partial charge in [-0.2, -0.15) is 0 Å². The van der Waals surface area contributed by atoms with E-state index in [4.69, 9.17) is 10.8 Å². The number of carboxylic acids is 1. The van der Waals surface area contributed by atoms with Crippen LogP contribution in [0, 0.1) is 5.92 Å². The van der Waals surface area contributed by atoms with Crippen LogP contribution in [0.25, 0.3) is 0 Å². The fourth-order valence-electron chi connectivity index (χ4n) is 2.52. The van der Waals surface area contributed by atoms with Crippen molar-refractivity contribution in [2.24, 2.45) is 5.92 Å². The number of carboxylic acid groups (broad SMARTS) is 1. The first-order chi connectivity index (χ1) is 9.40. The summed E-state index contributed by atoms with van der Waals surface area (Å²) in [7, 11) is 0. The molecule has 6 heteroatoms. The Labute approximate surface area is 125 Å². The molecule has 0 saturated carbocycles. The molecule has 1 aliphatic heterocycles. The summed E-state index contributed by atoms with van der Waals surface area (Å²) in [5.41, 5.74) is 6.85. The number of rotatable bonds is 2. The van der Waals surface area contributed by atoms with Gasteiger partial charge in [0.25, 0.3) is 5.91 Å². The lowest BCUT2D eigenvalue weighted by Crippen LogP contribution is -2.46. The number of likely N-dealkylation sites (tertiary alicyclic amines) is 1. The molecule has 1 aliphatic rings. The van der Waals surface area contributed by atoms with Gasteiger partial charge in [0, 0.05) is 28.3 Å². The molecule has 20 heavy (non-hydrogen) atoms. The SMILES string of the molecule is CC1CC(C(=O)O)CCN1C(=O)c1ccc(N)c(Br)c1. The maximum absolute atomic E-state index is 12.5. The summed E-state index contributed by atoms with van der Waals surface area (Å²) < 4.78 is 0.691. The number of benzene rings is 1. The summed E-state index contributed by atoms with van der Waals surface area (Å²) in [5.74, 6) is -1.21. The number of hydrogen-bond donors (Lipinski definition) is 2. The van der Waals surface area contributed by atoms with E-state index in [1.165, 1.54) is 0 Å². The second-order valence-corrected chi connectivity index (χ2v) is 6.00. The predicted molar refractivity (Wildman–Crippen MR) is 79.4 cm³/mol. The number of halogens is 1. The number of amides is 1. The molecular formula is C14H17BrN2O3. The highest BCUT2D eigenvalue weighted by molar-refractivity contribution is 9.10. The summed E-state index contributed by atoms with van der Waals surface area (Å²) in [6, 6.07) is 5.01. The van der Waals surface area contributed by atoms with E-state index >= 15 is 0 Å². The van der Waals surface area contributed by atoms with Crippen molar-refractivity contribution in [2.45, 2.75) is 25.8 Å². The number of piperidine rings is 1. The molecule has 0 spiro atoms. The molecule has 2 atom stereocenters. The highest BCUT2D eigenvalue weighted by Gasteiger charge is 2.32. The second-order valence-electron chi connectivity index (χ2n) is 5.14. The van der Waals surface area contributed by atoms with Gasteiger partial charge in [-0.1, -0.05) is 0 Å². The maximum Gasteiger partial charge on any atom is 0.306 e. The van der Waals surface area contributed by atoms with Crippen molar-refractivity contribution in [3.8, 4) is 0 Å². The fourth-order valence-corrected chi connectivity index (χ4v) is 2.90. The first-order valence-electron chi connectivity index (χ1n) is 6.49. The van der Waals surface area contributed by atoms with Crippen LogP contribution in [0.3, 0.4) is 0 Å². The Balaban J connectivity index is 2.13. The molecule has 108 valence electrons. The van der Waals surface area contributed by atoms with Crippen LogP contribution in [-0.2, 0) is 4.79 Å². The summed E-state index contributed by atoms with van der Waals surface area (Å²) in [6.07, 6.45) is 0.999. The van der Waals surface area contributed by atoms with Gasteiger partial charge in [-0.3, -0.25) is 9.59 Å². The van der Waals surface area contributed by atoms with Gasteiger partial charge in [0.05, 0.1) is 5.92 Å². The monoisotopic (exact) mass is 340 g/mol. The zero-order valence-corrected chi connectivity index (χ0v) is 12.8. The fraction of sp³-hybridized carbons (Fsp3) is 0.429. The summed E-state index contributed by atoms with van der Waals surface area (Å²) in [5, 5.41) is 9.04. The molecule has 0 aromatic heterocycles. The molecule has 3 N–H and O–H groups in total. The minimum Gasteiger partial charge on any atom is -0.481 e. The van der Waals surface area contributed by atoms with Crippen LogP contribution in [0.4, 0.5) is 5.69 Å². The summed E-state index contributed by atoms with van der Waals surface area (Å²) >= 11 is 3.31. The van der Waals surface area contributed by atoms with E-state index in [9.17, 15) is 9.59 Å². The van der Waals surface area contributed by atoms with Crippen LogP contribution in [0.2, 0.25) is 0 Å². The minimum absolute atomic E-state index is 0.0753. The highest BCUT2D eigenvalue weighted by Crippen LogP contribution is 2.26. The van der Waals surface area contributed by atoms with Gasteiger partial charge in [-0.25, -0.2) is 0 Å². The van der Waals surface area contributed by atoms with Gasteiger partial charge in [-0.05, 0) is 53.9 Å². The van der Waals surface area contributed by atoms with Crippen molar-refractivity contribution in [3.63, 3.8) is 0 Å². The predicted octanol–water partition coefficient (Wildman–Crippen LogP) is 2.36. The normalized spacial score (nSPS) is 22.6. The first kappa shape index (κ1) is 14.8. The Morgan fingerprint density at radius 3 is 2.70 bits per heavy atom. The zero-order chi connectivity index (χ0) is 14.9. The molecule has 1 amide bonds. The van der Waals surface area contributed by atoms with Crippen LogP contribution in [0.15, 0.2) is 22.7 Å². The van der Waals surface area contributed by atoms with Crippen LogP contribution in [0.5, 0.6) is 0 Å². The van der Waals surface area contributed by atoms with Crippen molar-refractivity contribution < 1.29 is 14.7 Å². The quantitative estimate of drug-likeness (QED) is 0.809. The van der Waals surface area contributed by atoms with Crippen molar-refractivity contribution in [1.82, 2.24) is 4.90 Å². The molecule has 0 aliphatic carbocycles. The molecule has 0 radical (unpaired) electrons. The van der Waals surface area contributed by atoms with E-state index in [-0.39, 0.29) is 17.9 Å². The van der Waals surface area contributed by atoms with Gasteiger partial charge >= 0.3 is 5.97 Å². The van der Waals surface area contributed by atoms with Crippen LogP contribution >= 0.6 is 15.9 Å². The molecule has 1 saturated heterocycles. The van der Waals surface area contributed by atoms with Gasteiger partial charge in [0.2, 0.25) is 0 Å². The molecule has 0 bridgehead atoms. The smallest absolute Gasteiger partial charge is 0.306 e. The average Bonchev–Trinajstić information content (AvgIpc) is 2.41. The lowest BCUT2D eigenvalue weighted by Gasteiger charge is -2.36. The van der Waals surface area contributed by atoms with Crippen LogP contribution in [0.1, 0.15) is 30.1 Å². The topological polar surface area (TPSA) is 83.6 Å². The largest absolute Gasteiger partial charge is 0.481 e. The lowest BCUT2D eigenvalue weighted by molar-refractivity contribution is -0.143. The third-order valence-electron chi connectivity index (χ3n) is 3.73. The maximum atomic E-state index is 12.5. The standard InChI is InChI=1S/C14H17BrN2O3/c1-8-6-10(14(19)20)4-5-17(8)13(18)9-2-3-12(16)11(15)7-9/h2-3,7-8,10H,4-6,16H2,1H3,(H,19,20). The van der Waals surface area contributed by atoms with Crippen molar-refractivity contribution in [3.05, 3.63) is 28.2 Å². The summed E-state index contributed by atoms with van der Waals surface area (Å²) in [6.45, 7) is 2.36. The Kier molecular flexibility index (Phi) is 4.32. The van der Waals surface area contributed by atoms with Crippen LogP contribution in [-0.4, -0.2) is 34.5 Å². The average molecular weight is 341 g/mol. The number of carbonyl (C=O) groups is 2. The summed E-state index contributed by atoms with van der Waals surface area (Å²) in [4.78, 5) is 25.2. The Morgan fingerprint density at radius 2 is 2.15 bits per heavy atom. The first-order valence-corrected chi connectivity index (χ1v) is 7.28. The Hall–Kier alpha value is -1.56. The number of carbonyl (C=O) groups excluding carboxylic acids is 1. The number of nitrogens with zero attached hydrogens (tertiary/aromatic N) is 1. The second kappa shape index (κ2) is 5.83. The number of aliphatic carboxylic acids is 1. The van der Waals surface area contributed by atoms with Crippen molar-refractivity contribution in [2.75, 3.05) is 12.3 Å². The van der Waals surface area contributed by atoms with E-state index in [2.05, 4.69) is 15.9 Å². The van der Waals surface area contributed by atoms with E-state index in [0.717, 1.165) is 0 Å². The molecule has 1 heterocycles. The van der Waals surface area contributed by atoms with E-state index in [0.29, 0.717) is 35.1 Å². The van der Waals surface area contributed by atoms with Crippen LogP contribution < -0.4 is 5.73 Å². The molecule has 2 unspecified atom stereocenters. The van der Waals surface area contributed by atoms with Gasteiger partial charge < -0.3 is 15.7 Å². The Morgan fingerprint density at radius 1 is 1.45 bits per heavy atom. The lowest BCUT2D eigenvalue weighted by atomic mass is 9.91. The van der Waals surface area contributed by atoms with E-state index in [1.807, 2.05) is 6.92 Å². The minimum atomic E-state index is -0.779. The Bertz CT molecular complexity index is 547. The number of nitrogen functional groups attached to an aromatic ring is 1. The van der Waals surface area contributed by atoms with E-state index < -0.39 is 5.97 Å². The third-order valence-corrected chi connectivity index (χ3v) is 4.42. The molecule has 2 rings (SSSR count). The molecule has 1 fully saturated rings. The van der Waals surface area contributed by atoms with Gasteiger partial charge in [0.15, 0.2) is 0 Å². The van der Waals surface area contributed by atoms with Crippen molar-refractivity contribution >= 4 is 33.5 Å². The molecule has 1 aromatic carbocycles. The molecule has 5 nitrogen and oxygen atoms in total. The number of hydrogen-bond acceptors (Lipinski definition) is 3.